The summed E-state index contributed by atoms with van der Waals surface area (Å²) in [5, 5.41) is 7.73. The van der Waals surface area contributed by atoms with Gasteiger partial charge in [0.05, 0.1) is 11.7 Å². The van der Waals surface area contributed by atoms with Crippen molar-refractivity contribution in [1.82, 2.24) is 9.78 Å². The van der Waals surface area contributed by atoms with Crippen molar-refractivity contribution in [2.75, 3.05) is 0 Å². The number of hydrogen-bond acceptors (Lipinski definition) is 3. The highest BCUT2D eigenvalue weighted by Crippen LogP contribution is 2.31. The lowest BCUT2D eigenvalue weighted by Crippen LogP contribution is -2.12. The van der Waals surface area contributed by atoms with Crippen LogP contribution in [-0.2, 0) is 7.05 Å². The minimum Gasteiger partial charge on any atom is -0.320 e. The molecule has 3 rings (SSSR count). The maximum Gasteiger partial charge on any atom is 0.0644 e. The Morgan fingerprint density at radius 2 is 2.11 bits per heavy atom. The van der Waals surface area contributed by atoms with Crippen molar-refractivity contribution >= 4 is 21.4 Å². The molecule has 0 aliphatic carbocycles. The van der Waals surface area contributed by atoms with Crippen molar-refractivity contribution in [2.24, 2.45) is 12.8 Å². The van der Waals surface area contributed by atoms with Gasteiger partial charge in [-0.2, -0.15) is 5.10 Å². The number of aryl methyl sites for hydroxylation is 2. The Balaban J connectivity index is 2.14. The summed E-state index contributed by atoms with van der Waals surface area (Å²) in [5.74, 6) is 0. The summed E-state index contributed by atoms with van der Waals surface area (Å²) in [5.41, 5.74) is 9.68. The van der Waals surface area contributed by atoms with Gasteiger partial charge in [-0.15, -0.1) is 11.3 Å². The summed E-state index contributed by atoms with van der Waals surface area (Å²) >= 11 is 1.74. The van der Waals surface area contributed by atoms with Crippen LogP contribution in [0.5, 0.6) is 0 Å². The number of nitrogens with two attached hydrogens (primary N) is 1. The number of benzene rings is 1. The highest BCUT2D eigenvalue weighted by molar-refractivity contribution is 7.17. The van der Waals surface area contributed by atoms with Crippen LogP contribution in [0.2, 0.25) is 0 Å². The van der Waals surface area contributed by atoms with Gasteiger partial charge in [-0.25, -0.2) is 0 Å². The highest BCUT2D eigenvalue weighted by atomic mass is 32.1. The molecule has 4 heteroatoms. The topological polar surface area (TPSA) is 43.8 Å². The van der Waals surface area contributed by atoms with Crippen LogP contribution in [0, 0.1) is 6.92 Å². The van der Waals surface area contributed by atoms with E-state index in [0.29, 0.717) is 0 Å². The van der Waals surface area contributed by atoms with Crippen molar-refractivity contribution < 1.29 is 0 Å². The molecule has 3 nitrogen and oxygen atoms in total. The highest BCUT2D eigenvalue weighted by Gasteiger charge is 2.16. The lowest BCUT2D eigenvalue weighted by Gasteiger charge is -2.12. The van der Waals surface area contributed by atoms with Crippen LogP contribution in [0.25, 0.3) is 10.1 Å². The van der Waals surface area contributed by atoms with Gasteiger partial charge in [0, 0.05) is 23.5 Å². The van der Waals surface area contributed by atoms with Crippen LogP contribution in [-0.4, -0.2) is 9.78 Å². The molecule has 0 radical (unpaired) electrons. The van der Waals surface area contributed by atoms with Gasteiger partial charge in [0.1, 0.15) is 0 Å². The molecule has 0 aliphatic rings. The van der Waals surface area contributed by atoms with E-state index in [1.54, 1.807) is 11.3 Å². The lowest BCUT2D eigenvalue weighted by molar-refractivity contribution is 0.756. The average molecular weight is 257 g/mol. The Morgan fingerprint density at radius 1 is 1.28 bits per heavy atom. The minimum atomic E-state index is -0.110. The smallest absolute Gasteiger partial charge is 0.0644 e. The normalized spacial score (nSPS) is 13.1. The van der Waals surface area contributed by atoms with Crippen LogP contribution in [0.1, 0.15) is 22.9 Å². The molecule has 3 aromatic rings. The monoisotopic (exact) mass is 257 g/mol. The molecule has 0 fully saturated rings. The van der Waals surface area contributed by atoms with E-state index >= 15 is 0 Å². The predicted octanol–water partition coefficient (Wildman–Crippen LogP) is 2.99. The minimum absolute atomic E-state index is 0.110. The first-order valence-corrected chi connectivity index (χ1v) is 6.76. The molecule has 18 heavy (non-hydrogen) atoms. The molecule has 1 atom stereocenters. The number of rotatable bonds is 2. The zero-order valence-corrected chi connectivity index (χ0v) is 11.2. The zero-order chi connectivity index (χ0) is 12.7. The van der Waals surface area contributed by atoms with Crippen LogP contribution in [0.4, 0.5) is 0 Å². The maximum absolute atomic E-state index is 6.41. The van der Waals surface area contributed by atoms with E-state index < -0.39 is 0 Å². The van der Waals surface area contributed by atoms with Gasteiger partial charge in [0.25, 0.3) is 0 Å². The quantitative estimate of drug-likeness (QED) is 0.767. The fourth-order valence-corrected chi connectivity index (χ4v) is 3.31. The number of aromatic nitrogens is 2. The van der Waals surface area contributed by atoms with Crippen LogP contribution in [0.3, 0.4) is 0 Å². The summed E-state index contributed by atoms with van der Waals surface area (Å²) in [7, 11) is 1.93. The number of nitrogens with zero attached hydrogens (tertiary/aromatic N) is 2. The second-order valence-electron chi connectivity index (χ2n) is 4.51. The van der Waals surface area contributed by atoms with Crippen molar-refractivity contribution in [1.29, 1.82) is 0 Å². The number of fused-ring (bicyclic) bond motifs is 1. The van der Waals surface area contributed by atoms with Crippen molar-refractivity contribution in [3.8, 4) is 0 Å². The molecule has 0 saturated carbocycles. The largest absolute Gasteiger partial charge is 0.320 e. The van der Waals surface area contributed by atoms with Crippen LogP contribution >= 0.6 is 11.3 Å². The summed E-state index contributed by atoms with van der Waals surface area (Å²) in [6, 6.07) is 8.32. The molecule has 0 spiro atoms. The van der Waals surface area contributed by atoms with E-state index in [1.807, 2.05) is 24.9 Å². The molecule has 0 bridgehead atoms. The van der Waals surface area contributed by atoms with Gasteiger partial charge < -0.3 is 5.73 Å². The predicted molar refractivity (Wildman–Crippen MR) is 75.8 cm³/mol. The first-order chi connectivity index (χ1) is 8.66. The first-order valence-electron chi connectivity index (χ1n) is 5.88. The third-order valence-electron chi connectivity index (χ3n) is 3.23. The number of hydrogen-bond donors (Lipinski definition) is 1. The summed E-state index contributed by atoms with van der Waals surface area (Å²) in [6.07, 6.45) is 2.01. The zero-order valence-electron chi connectivity index (χ0n) is 10.4. The fourth-order valence-electron chi connectivity index (χ4n) is 2.35. The van der Waals surface area contributed by atoms with E-state index in [2.05, 4.69) is 34.7 Å². The van der Waals surface area contributed by atoms with Gasteiger partial charge in [-0.3, -0.25) is 4.68 Å². The average Bonchev–Trinajstić information content (AvgIpc) is 2.94. The molecule has 2 heterocycles. The van der Waals surface area contributed by atoms with Crippen molar-refractivity contribution in [3.63, 3.8) is 0 Å². The first kappa shape index (κ1) is 11.4. The maximum atomic E-state index is 6.41. The molecular formula is C14H15N3S. The third-order valence-corrected chi connectivity index (χ3v) is 4.21. The Kier molecular flexibility index (Phi) is 2.69. The molecule has 2 N–H and O–H groups in total. The molecule has 0 saturated heterocycles. The van der Waals surface area contributed by atoms with Crippen molar-refractivity contribution in [2.45, 2.75) is 13.0 Å². The molecular weight excluding hydrogens is 242 g/mol. The fraction of sp³-hybridized carbons (Fsp3) is 0.214. The molecule has 1 aromatic carbocycles. The van der Waals surface area contributed by atoms with Gasteiger partial charge in [-0.05, 0) is 29.3 Å². The van der Waals surface area contributed by atoms with Gasteiger partial charge in [0.15, 0.2) is 0 Å². The van der Waals surface area contributed by atoms with Gasteiger partial charge in [0.2, 0.25) is 0 Å². The van der Waals surface area contributed by atoms with Crippen molar-refractivity contribution in [3.05, 3.63) is 52.7 Å². The van der Waals surface area contributed by atoms with E-state index in [9.17, 15) is 0 Å². The second-order valence-corrected chi connectivity index (χ2v) is 5.42. The van der Waals surface area contributed by atoms with Crippen LogP contribution < -0.4 is 5.73 Å². The summed E-state index contributed by atoms with van der Waals surface area (Å²) in [4.78, 5) is 0. The molecule has 1 unspecified atom stereocenters. The second kappa shape index (κ2) is 4.23. The standard InChI is InChI=1S/C14H15N3S/c1-9-12(8-17(2)16-9)13(15)11-5-3-4-10-6-7-18-14(10)11/h3-8,13H,15H2,1-2H3. The lowest BCUT2D eigenvalue weighted by atomic mass is 9.99. The van der Waals surface area contributed by atoms with E-state index in [-0.39, 0.29) is 6.04 Å². The van der Waals surface area contributed by atoms with Gasteiger partial charge >= 0.3 is 0 Å². The summed E-state index contributed by atoms with van der Waals surface area (Å²) < 4.78 is 3.09. The molecule has 92 valence electrons. The molecule has 2 aromatic heterocycles. The molecule has 0 amide bonds. The number of thiophene rings is 1. The van der Waals surface area contributed by atoms with Crippen LogP contribution in [0.15, 0.2) is 35.8 Å². The Labute approximate surface area is 110 Å². The summed E-state index contributed by atoms with van der Waals surface area (Å²) in [6.45, 7) is 2.00. The Morgan fingerprint density at radius 3 is 2.83 bits per heavy atom. The van der Waals surface area contributed by atoms with E-state index in [4.69, 9.17) is 5.73 Å². The Hall–Kier alpha value is -1.65. The van der Waals surface area contributed by atoms with E-state index in [0.717, 1.165) is 11.3 Å². The Bertz CT molecular complexity index is 696. The third kappa shape index (κ3) is 1.74. The van der Waals surface area contributed by atoms with Gasteiger partial charge in [-0.1, -0.05) is 18.2 Å². The molecule has 0 aliphatic heterocycles. The van der Waals surface area contributed by atoms with E-state index in [1.165, 1.54) is 15.6 Å². The SMILES string of the molecule is Cc1nn(C)cc1C(N)c1cccc2ccsc12.